The molecule has 6 nitrogen and oxygen atoms in total. The molecule has 0 bridgehead atoms. The topological polar surface area (TPSA) is 69.7 Å². The van der Waals surface area contributed by atoms with Crippen molar-refractivity contribution in [3.63, 3.8) is 0 Å². The summed E-state index contributed by atoms with van der Waals surface area (Å²) in [4.78, 5) is 43.4. The van der Waals surface area contributed by atoms with E-state index < -0.39 is 5.25 Å². The van der Waals surface area contributed by atoms with Crippen LogP contribution in [0.15, 0.2) is 59.5 Å². The molecule has 4 rings (SSSR count). The Bertz CT molecular complexity index is 942. The fourth-order valence-corrected chi connectivity index (χ4v) is 5.18. The van der Waals surface area contributed by atoms with E-state index in [4.69, 9.17) is 0 Å². The third kappa shape index (κ3) is 5.10. The van der Waals surface area contributed by atoms with Crippen molar-refractivity contribution in [3.8, 4) is 0 Å². The number of para-hydroxylation sites is 1. The van der Waals surface area contributed by atoms with Crippen LogP contribution in [0.4, 0.5) is 5.69 Å². The molecule has 1 atom stereocenters. The maximum Gasteiger partial charge on any atom is 0.250 e. The van der Waals surface area contributed by atoms with Crippen molar-refractivity contribution in [2.24, 2.45) is 0 Å². The quantitative estimate of drug-likeness (QED) is 0.730. The number of anilines is 1. The third-order valence-electron chi connectivity index (χ3n) is 5.67. The minimum atomic E-state index is -0.838. The first-order valence-electron chi connectivity index (χ1n) is 10.8. The first-order chi connectivity index (χ1) is 15.1. The lowest BCUT2D eigenvalue weighted by atomic mass is 10.2. The van der Waals surface area contributed by atoms with Gasteiger partial charge in [-0.3, -0.25) is 14.4 Å². The minimum absolute atomic E-state index is 0.104. The molecule has 2 aliphatic heterocycles. The van der Waals surface area contributed by atoms with Crippen LogP contribution in [-0.4, -0.2) is 47.5 Å². The van der Waals surface area contributed by atoms with Gasteiger partial charge in [-0.05, 0) is 30.5 Å². The second-order valence-electron chi connectivity index (χ2n) is 7.89. The van der Waals surface area contributed by atoms with Crippen LogP contribution in [-0.2, 0) is 20.9 Å². The van der Waals surface area contributed by atoms with Gasteiger partial charge in [-0.15, -0.1) is 11.8 Å². The lowest BCUT2D eigenvalue weighted by molar-refractivity contribution is -0.135. The molecule has 1 fully saturated rings. The molecule has 2 aromatic carbocycles. The summed E-state index contributed by atoms with van der Waals surface area (Å²) in [5.74, 6) is -0.700. The predicted molar refractivity (Wildman–Crippen MR) is 122 cm³/mol. The Morgan fingerprint density at radius 2 is 1.61 bits per heavy atom. The fourth-order valence-electron chi connectivity index (χ4n) is 3.99. The Morgan fingerprint density at radius 1 is 0.935 bits per heavy atom. The number of carbonyl (C=O) groups excluding carboxylic acids is 3. The monoisotopic (exact) mass is 437 g/mol. The summed E-state index contributed by atoms with van der Waals surface area (Å²) >= 11 is 1.30. The van der Waals surface area contributed by atoms with Gasteiger partial charge in [-0.2, -0.15) is 0 Å². The normalized spacial score (nSPS) is 18.8. The summed E-state index contributed by atoms with van der Waals surface area (Å²) in [6.45, 7) is 1.69. The molecule has 1 unspecified atom stereocenters. The van der Waals surface area contributed by atoms with E-state index in [1.807, 2.05) is 59.5 Å². The Hall–Kier alpha value is -2.80. The number of likely N-dealkylation sites (tertiary alicyclic amines) is 1. The van der Waals surface area contributed by atoms with Crippen molar-refractivity contribution in [1.82, 2.24) is 10.2 Å². The van der Waals surface area contributed by atoms with Gasteiger partial charge in [0.1, 0.15) is 6.54 Å². The molecule has 2 heterocycles. The van der Waals surface area contributed by atoms with Crippen LogP contribution in [0.3, 0.4) is 0 Å². The number of nitrogens with one attached hydrogen (secondary N) is 1. The predicted octanol–water partition coefficient (Wildman–Crippen LogP) is 3.21. The highest BCUT2D eigenvalue weighted by atomic mass is 32.2. The number of thioether (sulfide) groups is 1. The first kappa shape index (κ1) is 21.4. The summed E-state index contributed by atoms with van der Waals surface area (Å²) < 4.78 is 0. The SMILES string of the molecule is O=C(CN1C(=O)C(C(=O)N2CCCCCC2)Sc2ccccc21)NCc1ccccc1. The molecule has 1 saturated heterocycles. The molecule has 0 radical (unpaired) electrons. The molecule has 31 heavy (non-hydrogen) atoms. The highest BCUT2D eigenvalue weighted by Gasteiger charge is 2.40. The molecule has 3 amide bonds. The lowest BCUT2D eigenvalue weighted by Gasteiger charge is -2.34. The zero-order valence-corrected chi connectivity index (χ0v) is 18.3. The van der Waals surface area contributed by atoms with Gasteiger partial charge in [0, 0.05) is 24.5 Å². The fraction of sp³-hybridized carbons (Fsp3) is 0.375. The van der Waals surface area contributed by atoms with Crippen LogP contribution in [0.25, 0.3) is 0 Å². The standard InChI is InChI=1S/C24H27N3O3S/c28-21(25-16-18-10-4-3-5-11-18)17-27-19-12-6-7-13-20(19)31-22(24(27)30)23(29)26-14-8-1-2-9-15-26/h3-7,10-13,22H,1-2,8-9,14-17H2,(H,25,28). The van der Waals surface area contributed by atoms with Crippen LogP contribution in [0.1, 0.15) is 31.2 Å². The maximum absolute atomic E-state index is 13.3. The highest BCUT2D eigenvalue weighted by Crippen LogP contribution is 2.39. The molecule has 162 valence electrons. The van der Waals surface area contributed by atoms with Crippen molar-refractivity contribution in [2.45, 2.75) is 42.4 Å². The average Bonchev–Trinajstić information content (AvgIpc) is 3.09. The number of rotatable bonds is 5. The Balaban J connectivity index is 1.49. The van der Waals surface area contributed by atoms with E-state index in [2.05, 4.69) is 5.32 Å². The molecule has 7 heteroatoms. The van der Waals surface area contributed by atoms with Gasteiger partial charge in [0.25, 0.3) is 5.91 Å². The molecule has 0 aliphatic carbocycles. The van der Waals surface area contributed by atoms with Crippen molar-refractivity contribution in [2.75, 3.05) is 24.5 Å². The van der Waals surface area contributed by atoms with E-state index in [0.29, 0.717) is 25.3 Å². The summed E-state index contributed by atoms with van der Waals surface area (Å²) in [5, 5.41) is 2.04. The van der Waals surface area contributed by atoms with E-state index in [1.165, 1.54) is 16.7 Å². The Kier molecular flexibility index (Phi) is 6.92. The zero-order valence-electron chi connectivity index (χ0n) is 17.5. The summed E-state index contributed by atoms with van der Waals surface area (Å²) in [6.07, 6.45) is 4.18. The molecule has 1 N–H and O–H groups in total. The summed E-state index contributed by atoms with van der Waals surface area (Å²) in [7, 11) is 0. The number of nitrogens with zero attached hydrogens (tertiary/aromatic N) is 2. The van der Waals surface area contributed by atoms with Crippen molar-refractivity contribution in [3.05, 3.63) is 60.2 Å². The van der Waals surface area contributed by atoms with E-state index in [9.17, 15) is 14.4 Å². The number of benzene rings is 2. The third-order valence-corrected chi connectivity index (χ3v) is 6.91. The van der Waals surface area contributed by atoms with Crippen LogP contribution in [0.5, 0.6) is 0 Å². The lowest BCUT2D eigenvalue weighted by Crippen LogP contribution is -2.52. The minimum Gasteiger partial charge on any atom is -0.350 e. The average molecular weight is 438 g/mol. The summed E-state index contributed by atoms with van der Waals surface area (Å²) in [5.41, 5.74) is 1.68. The second kappa shape index (κ2) is 10.0. The van der Waals surface area contributed by atoms with E-state index in [1.54, 1.807) is 0 Å². The van der Waals surface area contributed by atoms with Crippen LogP contribution in [0.2, 0.25) is 0 Å². The van der Waals surface area contributed by atoms with Gasteiger partial charge in [0.05, 0.1) is 5.69 Å². The molecular weight excluding hydrogens is 410 g/mol. The van der Waals surface area contributed by atoms with Gasteiger partial charge in [-0.1, -0.05) is 55.3 Å². The Labute approximate surface area is 187 Å². The molecule has 0 aromatic heterocycles. The number of hydrogen-bond acceptors (Lipinski definition) is 4. The number of fused-ring (bicyclic) bond motifs is 1. The molecule has 0 spiro atoms. The number of amides is 3. The van der Waals surface area contributed by atoms with Crippen molar-refractivity contribution >= 4 is 35.2 Å². The first-order valence-corrected chi connectivity index (χ1v) is 11.7. The summed E-state index contributed by atoms with van der Waals surface area (Å²) in [6, 6.07) is 17.1. The van der Waals surface area contributed by atoms with Gasteiger partial charge in [0.15, 0.2) is 5.25 Å². The second-order valence-corrected chi connectivity index (χ2v) is 9.04. The molecule has 2 aromatic rings. The van der Waals surface area contributed by atoms with Crippen molar-refractivity contribution < 1.29 is 14.4 Å². The van der Waals surface area contributed by atoms with Crippen LogP contribution >= 0.6 is 11.8 Å². The molecule has 0 saturated carbocycles. The molecule has 2 aliphatic rings. The Morgan fingerprint density at radius 3 is 2.35 bits per heavy atom. The zero-order chi connectivity index (χ0) is 21.6. The molecular formula is C24H27N3O3S. The number of hydrogen-bond donors (Lipinski definition) is 1. The van der Waals surface area contributed by atoms with Crippen LogP contribution < -0.4 is 10.2 Å². The van der Waals surface area contributed by atoms with Gasteiger partial charge in [0.2, 0.25) is 11.8 Å². The van der Waals surface area contributed by atoms with E-state index in [-0.39, 0.29) is 24.3 Å². The highest BCUT2D eigenvalue weighted by molar-refractivity contribution is 8.01. The van der Waals surface area contributed by atoms with Gasteiger partial charge < -0.3 is 15.1 Å². The van der Waals surface area contributed by atoms with Crippen molar-refractivity contribution in [1.29, 1.82) is 0 Å². The number of carbonyl (C=O) groups is 3. The van der Waals surface area contributed by atoms with E-state index >= 15 is 0 Å². The van der Waals surface area contributed by atoms with E-state index in [0.717, 1.165) is 36.1 Å². The smallest absolute Gasteiger partial charge is 0.250 e. The largest absolute Gasteiger partial charge is 0.350 e. The van der Waals surface area contributed by atoms with Gasteiger partial charge in [-0.25, -0.2) is 0 Å². The van der Waals surface area contributed by atoms with Gasteiger partial charge >= 0.3 is 0 Å². The van der Waals surface area contributed by atoms with Crippen LogP contribution in [0, 0.1) is 0 Å². The maximum atomic E-state index is 13.3.